The Hall–Kier alpha value is -3.67. The van der Waals surface area contributed by atoms with Gasteiger partial charge in [0.15, 0.2) is 0 Å². The number of para-hydroxylation sites is 2. The normalized spacial score (nSPS) is 11.0. The van der Waals surface area contributed by atoms with Crippen LogP contribution in [0.4, 0.5) is 4.39 Å². The molecule has 0 fully saturated rings. The van der Waals surface area contributed by atoms with Crippen molar-refractivity contribution in [2.75, 3.05) is 7.11 Å². The summed E-state index contributed by atoms with van der Waals surface area (Å²) in [7, 11) is 1.52. The summed E-state index contributed by atoms with van der Waals surface area (Å²) >= 11 is 0. The van der Waals surface area contributed by atoms with Gasteiger partial charge in [-0.25, -0.2) is 9.37 Å². The van der Waals surface area contributed by atoms with Crippen LogP contribution in [0.15, 0.2) is 71.5 Å². The molecule has 4 rings (SSSR count). The standard InChI is InChI=1S/C23H19FN2O3/c1-29-20-11-5-9-18-21(20)25-22(17-8-2-3-10-19(17)27)26(23(18)28)13-12-15-6-4-7-16(24)14-15/h2-11,14,27H,12-13H2,1H3. The number of benzene rings is 3. The summed E-state index contributed by atoms with van der Waals surface area (Å²) in [5.74, 6) is 0.514. The highest BCUT2D eigenvalue weighted by Gasteiger charge is 2.17. The molecule has 0 radical (unpaired) electrons. The number of phenols is 1. The Kier molecular flexibility index (Phi) is 4.99. The lowest BCUT2D eigenvalue weighted by Gasteiger charge is -2.15. The molecule has 0 unspecified atom stereocenters. The Bertz CT molecular complexity index is 1250. The van der Waals surface area contributed by atoms with Crippen LogP contribution in [0.3, 0.4) is 0 Å². The molecule has 146 valence electrons. The van der Waals surface area contributed by atoms with Crippen LogP contribution in [0.5, 0.6) is 11.5 Å². The fourth-order valence-electron chi connectivity index (χ4n) is 3.39. The highest BCUT2D eigenvalue weighted by atomic mass is 19.1. The zero-order valence-electron chi connectivity index (χ0n) is 15.8. The van der Waals surface area contributed by atoms with Gasteiger partial charge in [-0.3, -0.25) is 9.36 Å². The van der Waals surface area contributed by atoms with Gasteiger partial charge >= 0.3 is 0 Å². The Morgan fingerprint density at radius 2 is 1.86 bits per heavy atom. The molecule has 0 aliphatic heterocycles. The van der Waals surface area contributed by atoms with Crippen molar-refractivity contribution in [3.05, 3.63) is 88.5 Å². The van der Waals surface area contributed by atoms with Gasteiger partial charge in [-0.05, 0) is 48.4 Å². The quantitative estimate of drug-likeness (QED) is 0.556. The summed E-state index contributed by atoms with van der Waals surface area (Å²) in [5, 5.41) is 10.8. The number of aromatic hydroxyl groups is 1. The van der Waals surface area contributed by atoms with Crippen LogP contribution in [0, 0.1) is 5.82 Å². The van der Waals surface area contributed by atoms with Gasteiger partial charge in [-0.1, -0.05) is 30.3 Å². The van der Waals surface area contributed by atoms with Gasteiger partial charge in [0, 0.05) is 6.54 Å². The lowest BCUT2D eigenvalue weighted by molar-refractivity contribution is 0.418. The van der Waals surface area contributed by atoms with Gasteiger partial charge < -0.3 is 9.84 Å². The van der Waals surface area contributed by atoms with Gasteiger partial charge in [0.2, 0.25) is 0 Å². The third-order valence-electron chi connectivity index (χ3n) is 4.83. The first kappa shape index (κ1) is 18.7. The zero-order chi connectivity index (χ0) is 20.4. The minimum absolute atomic E-state index is 0.0214. The summed E-state index contributed by atoms with van der Waals surface area (Å²) in [6, 6.07) is 18.2. The van der Waals surface area contributed by atoms with E-state index in [1.54, 1.807) is 48.5 Å². The summed E-state index contributed by atoms with van der Waals surface area (Å²) in [5.41, 5.74) is 1.39. The van der Waals surface area contributed by atoms with Crippen molar-refractivity contribution in [1.82, 2.24) is 9.55 Å². The van der Waals surface area contributed by atoms with E-state index in [4.69, 9.17) is 4.74 Å². The number of phenolic OH excluding ortho intramolecular Hbond substituents is 1. The predicted molar refractivity (Wildman–Crippen MR) is 110 cm³/mol. The fraction of sp³-hybridized carbons (Fsp3) is 0.130. The molecule has 0 saturated heterocycles. The smallest absolute Gasteiger partial charge is 0.261 e. The minimum atomic E-state index is -0.322. The minimum Gasteiger partial charge on any atom is -0.507 e. The monoisotopic (exact) mass is 390 g/mol. The lowest BCUT2D eigenvalue weighted by atomic mass is 10.1. The Morgan fingerprint density at radius 1 is 1.07 bits per heavy atom. The topological polar surface area (TPSA) is 64.3 Å². The van der Waals surface area contributed by atoms with Crippen molar-refractivity contribution < 1.29 is 14.2 Å². The SMILES string of the molecule is COc1cccc2c(=O)n(CCc3cccc(F)c3)c(-c3ccccc3O)nc12. The molecule has 0 aliphatic rings. The molecule has 0 spiro atoms. The second kappa shape index (κ2) is 7.75. The first-order valence-corrected chi connectivity index (χ1v) is 9.19. The molecule has 1 heterocycles. The predicted octanol–water partition coefficient (Wildman–Crippen LogP) is 4.16. The van der Waals surface area contributed by atoms with E-state index < -0.39 is 0 Å². The molecule has 0 atom stereocenters. The van der Waals surface area contributed by atoms with E-state index in [1.807, 2.05) is 6.07 Å². The molecule has 0 aliphatic carbocycles. The molecule has 6 heteroatoms. The molecule has 4 aromatic rings. The number of rotatable bonds is 5. The van der Waals surface area contributed by atoms with E-state index >= 15 is 0 Å². The maximum Gasteiger partial charge on any atom is 0.261 e. The maximum absolute atomic E-state index is 13.5. The molecule has 1 N–H and O–H groups in total. The number of hydrogen-bond donors (Lipinski definition) is 1. The number of fused-ring (bicyclic) bond motifs is 1. The number of ether oxygens (including phenoxy) is 1. The van der Waals surface area contributed by atoms with Crippen molar-refractivity contribution in [2.45, 2.75) is 13.0 Å². The molecule has 29 heavy (non-hydrogen) atoms. The van der Waals surface area contributed by atoms with Crippen molar-refractivity contribution in [3.8, 4) is 22.9 Å². The van der Waals surface area contributed by atoms with Crippen molar-refractivity contribution >= 4 is 10.9 Å². The number of aryl methyl sites for hydroxylation is 1. The van der Waals surface area contributed by atoms with E-state index in [9.17, 15) is 14.3 Å². The van der Waals surface area contributed by atoms with E-state index in [2.05, 4.69) is 4.98 Å². The lowest BCUT2D eigenvalue weighted by Crippen LogP contribution is -2.24. The van der Waals surface area contributed by atoms with Gasteiger partial charge in [-0.2, -0.15) is 0 Å². The molecule has 0 amide bonds. The average molecular weight is 390 g/mol. The second-order valence-electron chi connectivity index (χ2n) is 6.65. The molecular weight excluding hydrogens is 371 g/mol. The van der Waals surface area contributed by atoms with Gasteiger partial charge in [0.05, 0.1) is 18.1 Å². The van der Waals surface area contributed by atoms with Crippen LogP contribution in [0.1, 0.15) is 5.56 Å². The second-order valence-corrected chi connectivity index (χ2v) is 6.65. The first-order chi connectivity index (χ1) is 14.1. The number of hydrogen-bond acceptors (Lipinski definition) is 4. The highest BCUT2D eigenvalue weighted by molar-refractivity contribution is 5.85. The van der Waals surface area contributed by atoms with Crippen molar-refractivity contribution in [1.29, 1.82) is 0 Å². The summed E-state index contributed by atoms with van der Waals surface area (Å²) in [6.07, 6.45) is 0.440. The summed E-state index contributed by atoms with van der Waals surface area (Å²) < 4.78 is 20.4. The highest BCUT2D eigenvalue weighted by Crippen LogP contribution is 2.30. The number of aromatic nitrogens is 2. The van der Waals surface area contributed by atoms with Gasteiger partial charge in [-0.15, -0.1) is 0 Å². The van der Waals surface area contributed by atoms with Crippen LogP contribution in [0.2, 0.25) is 0 Å². The number of methoxy groups -OCH3 is 1. The van der Waals surface area contributed by atoms with Crippen LogP contribution in [-0.2, 0) is 13.0 Å². The van der Waals surface area contributed by atoms with Crippen molar-refractivity contribution in [2.24, 2.45) is 0 Å². The third-order valence-corrected chi connectivity index (χ3v) is 4.83. The first-order valence-electron chi connectivity index (χ1n) is 9.19. The van der Waals surface area contributed by atoms with E-state index in [0.717, 1.165) is 5.56 Å². The summed E-state index contributed by atoms with van der Waals surface area (Å²) in [6.45, 7) is 0.284. The van der Waals surface area contributed by atoms with Gasteiger partial charge in [0.25, 0.3) is 5.56 Å². The maximum atomic E-state index is 13.5. The number of halogens is 1. The van der Waals surface area contributed by atoms with E-state index in [0.29, 0.717) is 34.5 Å². The largest absolute Gasteiger partial charge is 0.507 e. The number of nitrogens with zero attached hydrogens (tertiary/aromatic N) is 2. The Labute approximate surface area is 166 Å². The molecule has 5 nitrogen and oxygen atoms in total. The molecule has 0 bridgehead atoms. The molecule has 0 saturated carbocycles. The molecule has 1 aromatic heterocycles. The Morgan fingerprint density at radius 3 is 2.62 bits per heavy atom. The fourth-order valence-corrected chi connectivity index (χ4v) is 3.39. The van der Waals surface area contributed by atoms with Crippen LogP contribution < -0.4 is 10.3 Å². The Balaban J connectivity index is 1.91. The van der Waals surface area contributed by atoms with Crippen LogP contribution in [-0.4, -0.2) is 21.8 Å². The van der Waals surface area contributed by atoms with E-state index in [1.165, 1.54) is 23.8 Å². The van der Waals surface area contributed by atoms with E-state index in [-0.39, 0.29) is 23.7 Å². The van der Waals surface area contributed by atoms with Crippen LogP contribution in [0.25, 0.3) is 22.3 Å². The zero-order valence-corrected chi connectivity index (χ0v) is 15.8. The van der Waals surface area contributed by atoms with Crippen molar-refractivity contribution in [3.63, 3.8) is 0 Å². The van der Waals surface area contributed by atoms with Gasteiger partial charge in [0.1, 0.15) is 28.7 Å². The molecular formula is C23H19FN2O3. The summed E-state index contributed by atoms with van der Waals surface area (Å²) in [4.78, 5) is 18.0. The van der Waals surface area contributed by atoms with Crippen LogP contribution >= 0.6 is 0 Å². The third kappa shape index (κ3) is 3.57. The molecule has 3 aromatic carbocycles. The average Bonchev–Trinajstić information content (AvgIpc) is 2.73.